The van der Waals surface area contributed by atoms with E-state index in [9.17, 15) is 13.2 Å². The van der Waals surface area contributed by atoms with Crippen molar-refractivity contribution in [2.75, 3.05) is 39.3 Å². The Bertz CT molecular complexity index is 914. The van der Waals surface area contributed by atoms with Gasteiger partial charge < -0.3 is 10.2 Å². The van der Waals surface area contributed by atoms with Gasteiger partial charge in [-0.05, 0) is 25.0 Å². The van der Waals surface area contributed by atoms with Gasteiger partial charge in [0, 0.05) is 39.3 Å². The molecule has 11 heteroatoms. The molecule has 0 aliphatic carbocycles. The first-order chi connectivity index (χ1) is 12.6. The summed E-state index contributed by atoms with van der Waals surface area (Å²) in [6.07, 6.45) is 1.42. The summed E-state index contributed by atoms with van der Waals surface area (Å²) in [5.41, 5.74) is 0.995. The number of carbonyl (C=O) groups excluding carboxylic acids is 1. The van der Waals surface area contributed by atoms with Gasteiger partial charge in [-0.3, -0.25) is 4.79 Å². The Kier molecular flexibility index (Phi) is 6.32. The molecule has 2 saturated heterocycles. The summed E-state index contributed by atoms with van der Waals surface area (Å²) in [5, 5.41) is 3.23. The molecule has 1 amide bonds. The number of benzene rings is 1. The number of hydrogen-bond donors (Lipinski definition) is 1. The Labute approximate surface area is 168 Å². The highest BCUT2D eigenvalue weighted by Gasteiger charge is 2.36. The molecule has 2 aliphatic heterocycles. The molecule has 0 radical (unpaired) electrons. The van der Waals surface area contributed by atoms with Crippen LogP contribution in [0.3, 0.4) is 0 Å². The van der Waals surface area contributed by atoms with E-state index in [1.807, 2.05) is 4.90 Å². The maximum absolute atomic E-state index is 13.2. The Morgan fingerprint density at radius 2 is 1.96 bits per heavy atom. The van der Waals surface area contributed by atoms with Gasteiger partial charge in [0.1, 0.15) is 15.9 Å². The second-order valence-electron chi connectivity index (χ2n) is 6.67. The minimum absolute atomic E-state index is 0. The number of sulfonamides is 1. The zero-order valence-corrected chi connectivity index (χ0v) is 17.2. The fourth-order valence-corrected chi connectivity index (χ4v) is 5.91. The summed E-state index contributed by atoms with van der Waals surface area (Å²) in [5.74, 6) is -0.204. The van der Waals surface area contributed by atoms with Crippen molar-refractivity contribution < 1.29 is 13.2 Å². The van der Waals surface area contributed by atoms with Gasteiger partial charge in [0.05, 0.1) is 17.6 Å². The van der Waals surface area contributed by atoms with Crippen molar-refractivity contribution in [1.29, 1.82) is 0 Å². The first-order valence-electron chi connectivity index (χ1n) is 8.78. The van der Waals surface area contributed by atoms with Gasteiger partial charge in [-0.25, -0.2) is 8.42 Å². The number of amides is 1. The molecule has 1 N–H and O–H groups in total. The van der Waals surface area contributed by atoms with Gasteiger partial charge >= 0.3 is 0 Å². The third-order valence-corrected chi connectivity index (χ3v) is 7.47. The second kappa shape index (κ2) is 8.36. The van der Waals surface area contributed by atoms with Crippen molar-refractivity contribution >= 4 is 51.1 Å². The lowest BCUT2D eigenvalue weighted by Crippen LogP contribution is -2.51. The van der Waals surface area contributed by atoms with E-state index in [0.29, 0.717) is 37.1 Å². The van der Waals surface area contributed by atoms with E-state index in [1.54, 1.807) is 18.2 Å². The van der Waals surface area contributed by atoms with Gasteiger partial charge in [0.25, 0.3) is 0 Å². The van der Waals surface area contributed by atoms with Crippen LogP contribution in [0.5, 0.6) is 0 Å². The zero-order valence-electron chi connectivity index (χ0n) is 14.7. The van der Waals surface area contributed by atoms with Gasteiger partial charge in [0.2, 0.25) is 15.9 Å². The van der Waals surface area contributed by atoms with Crippen LogP contribution in [-0.2, 0) is 14.8 Å². The van der Waals surface area contributed by atoms with Crippen molar-refractivity contribution in [1.82, 2.24) is 23.3 Å². The standard InChI is InChI=1S/C16H21N5O3S2.ClH/c22-16(20-9-6-17-7-10-20)12-3-2-8-21(11-12)26(23,24)14-5-1-4-13-15(14)19-25-18-13;/h1,4-5,12,17H,2-3,6-11H2;1H. The molecule has 0 saturated carbocycles. The summed E-state index contributed by atoms with van der Waals surface area (Å²) >= 11 is 1.00. The predicted octanol–water partition coefficient (Wildman–Crippen LogP) is 0.946. The van der Waals surface area contributed by atoms with E-state index in [4.69, 9.17) is 0 Å². The number of piperidine rings is 1. The minimum Gasteiger partial charge on any atom is -0.340 e. The number of hydrogen-bond acceptors (Lipinski definition) is 7. The van der Waals surface area contributed by atoms with E-state index in [2.05, 4.69) is 14.1 Å². The lowest BCUT2D eigenvalue weighted by Gasteiger charge is -2.35. The van der Waals surface area contributed by atoms with Gasteiger partial charge in [-0.2, -0.15) is 13.1 Å². The van der Waals surface area contributed by atoms with Crippen molar-refractivity contribution in [3.63, 3.8) is 0 Å². The highest BCUT2D eigenvalue weighted by Crippen LogP contribution is 2.28. The summed E-state index contributed by atoms with van der Waals surface area (Å²) < 4.78 is 36.1. The first-order valence-corrected chi connectivity index (χ1v) is 11.0. The third-order valence-electron chi connectivity index (χ3n) is 5.03. The van der Waals surface area contributed by atoms with E-state index < -0.39 is 10.0 Å². The van der Waals surface area contributed by atoms with Crippen LogP contribution in [0.4, 0.5) is 0 Å². The maximum Gasteiger partial charge on any atom is 0.245 e. The molecule has 2 fully saturated rings. The molecule has 0 spiro atoms. The highest BCUT2D eigenvalue weighted by molar-refractivity contribution is 7.89. The molecule has 1 atom stereocenters. The fourth-order valence-electron chi connectivity index (χ4n) is 3.63. The topological polar surface area (TPSA) is 95.5 Å². The lowest BCUT2D eigenvalue weighted by atomic mass is 9.98. The Morgan fingerprint density at radius 3 is 2.74 bits per heavy atom. The van der Waals surface area contributed by atoms with Crippen LogP contribution in [0.2, 0.25) is 0 Å². The molecule has 27 heavy (non-hydrogen) atoms. The number of piperazine rings is 1. The largest absolute Gasteiger partial charge is 0.340 e. The normalized spacial score (nSPS) is 21.8. The lowest BCUT2D eigenvalue weighted by molar-refractivity contribution is -0.137. The molecule has 2 aromatic rings. The van der Waals surface area contributed by atoms with Gasteiger partial charge in [-0.1, -0.05) is 6.07 Å². The van der Waals surface area contributed by atoms with Crippen molar-refractivity contribution in [2.45, 2.75) is 17.7 Å². The van der Waals surface area contributed by atoms with Crippen LogP contribution in [-0.4, -0.2) is 71.5 Å². The minimum atomic E-state index is -3.70. The van der Waals surface area contributed by atoms with E-state index in [-0.39, 0.29) is 35.7 Å². The quantitative estimate of drug-likeness (QED) is 0.777. The molecule has 8 nitrogen and oxygen atoms in total. The number of nitrogens with one attached hydrogen (secondary N) is 1. The van der Waals surface area contributed by atoms with Crippen molar-refractivity contribution in [2.24, 2.45) is 5.92 Å². The predicted molar refractivity (Wildman–Crippen MR) is 106 cm³/mol. The summed E-state index contributed by atoms with van der Waals surface area (Å²) in [6, 6.07) is 5.01. The Hall–Kier alpha value is -1.33. The summed E-state index contributed by atoms with van der Waals surface area (Å²) in [7, 11) is -3.70. The number of carbonyl (C=O) groups is 1. The molecule has 1 unspecified atom stereocenters. The molecule has 3 heterocycles. The second-order valence-corrected chi connectivity index (χ2v) is 9.10. The number of halogens is 1. The number of aromatic nitrogens is 2. The Morgan fingerprint density at radius 1 is 1.19 bits per heavy atom. The molecule has 1 aromatic carbocycles. The maximum atomic E-state index is 13.2. The molecule has 2 aliphatic rings. The van der Waals surface area contributed by atoms with Crippen LogP contribution in [0.15, 0.2) is 23.1 Å². The zero-order chi connectivity index (χ0) is 18.1. The van der Waals surface area contributed by atoms with Crippen LogP contribution in [0, 0.1) is 5.92 Å². The highest BCUT2D eigenvalue weighted by atomic mass is 35.5. The van der Waals surface area contributed by atoms with E-state index in [0.717, 1.165) is 31.2 Å². The average Bonchev–Trinajstić information content (AvgIpc) is 3.17. The molecule has 0 bridgehead atoms. The molecular weight excluding hydrogens is 410 g/mol. The summed E-state index contributed by atoms with van der Waals surface area (Å²) in [6.45, 7) is 3.62. The molecule has 4 rings (SSSR count). The third kappa shape index (κ3) is 3.95. The fraction of sp³-hybridized carbons (Fsp3) is 0.562. The SMILES string of the molecule is Cl.O=C(C1CCCN(S(=O)(=O)c2cccc3nsnc23)C1)N1CCNCC1. The van der Waals surface area contributed by atoms with Crippen molar-refractivity contribution in [3.05, 3.63) is 18.2 Å². The molecule has 148 valence electrons. The van der Waals surface area contributed by atoms with Gasteiger partial charge in [0.15, 0.2) is 0 Å². The monoisotopic (exact) mass is 431 g/mol. The van der Waals surface area contributed by atoms with Crippen LogP contribution < -0.4 is 5.32 Å². The Balaban J connectivity index is 0.00000210. The first kappa shape index (κ1) is 20.4. The number of nitrogens with zero attached hydrogens (tertiary/aromatic N) is 4. The smallest absolute Gasteiger partial charge is 0.245 e. The summed E-state index contributed by atoms with van der Waals surface area (Å²) in [4.78, 5) is 14.8. The number of rotatable bonds is 3. The van der Waals surface area contributed by atoms with Gasteiger partial charge in [-0.15, -0.1) is 12.4 Å². The van der Waals surface area contributed by atoms with Crippen LogP contribution in [0.1, 0.15) is 12.8 Å². The van der Waals surface area contributed by atoms with Crippen LogP contribution >= 0.6 is 24.1 Å². The molecular formula is C16H22ClN5O3S2. The van der Waals surface area contributed by atoms with E-state index >= 15 is 0 Å². The van der Waals surface area contributed by atoms with E-state index in [1.165, 1.54) is 4.31 Å². The van der Waals surface area contributed by atoms with Crippen molar-refractivity contribution in [3.8, 4) is 0 Å². The number of fused-ring (bicyclic) bond motifs is 1. The van der Waals surface area contributed by atoms with Crippen LogP contribution in [0.25, 0.3) is 11.0 Å². The average molecular weight is 432 g/mol. The molecule has 1 aromatic heterocycles.